The van der Waals surface area contributed by atoms with Crippen LogP contribution in [0.2, 0.25) is 0 Å². The van der Waals surface area contributed by atoms with E-state index in [4.69, 9.17) is 0 Å². The number of aryl methyl sites for hydroxylation is 2. The lowest BCUT2D eigenvalue weighted by molar-refractivity contribution is 0.431. The molecule has 1 unspecified atom stereocenters. The van der Waals surface area contributed by atoms with E-state index in [9.17, 15) is 0 Å². The van der Waals surface area contributed by atoms with Gasteiger partial charge < -0.3 is 9.88 Å². The van der Waals surface area contributed by atoms with Crippen molar-refractivity contribution in [2.24, 2.45) is 0 Å². The Morgan fingerprint density at radius 1 is 1.32 bits per heavy atom. The summed E-state index contributed by atoms with van der Waals surface area (Å²) in [6.07, 6.45) is 0.868. The van der Waals surface area contributed by atoms with Gasteiger partial charge in [0.05, 0.1) is 6.04 Å². The second kappa shape index (κ2) is 4.78. The number of fused-ring (bicyclic) bond motifs is 1. The molecule has 1 aromatic carbocycles. The first-order chi connectivity index (χ1) is 9.15. The van der Waals surface area contributed by atoms with Gasteiger partial charge in [-0.3, -0.25) is 0 Å². The van der Waals surface area contributed by atoms with Crippen LogP contribution < -0.4 is 5.32 Å². The number of nitrogens with zero attached hydrogens (tertiary/aromatic N) is 3. The molecule has 1 atom stereocenters. The SMILES string of the molecule is Cc1ccc(C)c(Cc2nnc3n2CCNC3C)c1. The lowest BCUT2D eigenvalue weighted by Gasteiger charge is -2.22. The summed E-state index contributed by atoms with van der Waals surface area (Å²) in [5.74, 6) is 2.14. The zero-order valence-electron chi connectivity index (χ0n) is 11.8. The van der Waals surface area contributed by atoms with Crippen molar-refractivity contribution >= 4 is 0 Å². The highest BCUT2D eigenvalue weighted by atomic mass is 15.3. The Hall–Kier alpha value is -1.68. The molecule has 0 saturated heterocycles. The molecule has 4 heteroatoms. The van der Waals surface area contributed by atoms with Crippen molar-refractivity contribution in [2.45, 2.75) is 39.8 Å². The molecule has 1 N–H and O–H groups in total. The minimum absolute atomic E-state index is 0.300. The van der Waals surface area contributed by atoms with Crippen LogP contribution in [0.3, 0.4) is 0 Å². The molecule has 100 valence electrons. The number of hydrogen-bond donors (Lipinski definition) is 1. The van der Waals surface area contributed by atoms with Crippen LogP contribution in [0.25, 0.3) is 0 Å². The second-order valence-corrected chi connectivity index (χ2v) is 5.41. The Kier molecular flexibility index (Phi) is 3.11. The van der Waals surface area contributed by atoms with E-state index < -0.39 is 0 Å². The fraction of sp³-hybridized carbons (Fsp3) is 0.467. The topological polar surface area (TPSA) is 42.7 Å². The number of rotatable bonds is 2. The third-order valence-electron chi connectivity index (χ3n) is 3.88. The lowest BCUT2D eigenvalue weighted by atomic mass is 10.0. The highest BCUT2D eigenvalue weighted by Gasteiger charge is 2.21. The van der Waals surface area contributed by atoms with E-state index in [0.717, 1.165) is 31.2 Å². The highest BCUT2D eigenvalue weighted by Crippen LogP contribution is 2.19. The molecule has 0 bridgehead atoms. The van der Waals surface area contributed by atoms with E-state index in [1.165, 1.54) is 16.7 Å². The molecular weight excluding hydrogens is 236 g/mol. The summed E-state index contributed by atoms with van der Waals surface area (Å²) in [6, 6.07) is 6.89. The molecule has 0 saturated carbocycles. The van der Waals surface area contributed by atoms with Crippen LogP contribution in [0.1, 0.15) is 41.3 Å². The van der Waals surface area contributed by atoms with Gasteiger partial charge in [-0.25, -0.2) is 0 Å². The van der Waals surface area contributed by atoms with E-state index in [2.05, 4.69) is 59.1 Å². The van der Waals surface area contributed by atoms with Crippen molar-refractivity contribution in [1.82, 2.24) is 20.1 Å². The number of benzene rings is 1. The molecule has 1 aromatic heterocycles. The summed E-state index contributed by atoms with van der Waals surface area (Å²) < 4.78 is 2.27. The normalized spacial score (nSPS) is 18.4. The monoisotopic (exact) mass is 256 g/mol. The molecule has 3 rings (SSSR count). The van der Waals surface area contributed by atoms with Crippen molar-refractivity contribution in [3.8, 4) is 0 Å². The molecule has 0 spiro atoms. The summed E-state index contributed by atoms with van der Waals surface area (Å²) in [5, 5.41) is 12.1. The van der Waals surface area contributed by atoms with Gasteiger partial charge >= 0.3 is 0 Å². The summed E-state index contributed by atoms with van der Waals surface area (Å²) in [4.78, 5) is 0. The molecule has 1 aliphatic rings. The minimum Gasteiger partial charge on any atom is -0.312 e. The van der Waals surface area contributed by atoms with Crippen LogP contribution in [-0.2, 0) is 13.0 Å². The van der Waals surface area contributed by atoms with Gasteiger partial charge in [-0.15, -0.1) is 10.2 Å². The van der Waals surface area contributed by atoms with E-state index in [1.54, 1.807) is 0 Å². The van der Waals surface area contributed by atoms with Crippen LogP contribution in [-0.4, -0.2) is 21.3 Å². The standard InChI is InChI=1S/C15H20N4/c1-10-4-5-11(2)13(8-10)9-14-17-18-15-12(3)16-6-7-19(14)15/h4-5,8,12,16H,6-7,9H2,1-3H3. The molecule has 4 nitrogen and oxygen atoms in total. The molecule has 2 aromatic rings. The predicted molar refractivity (Wildman–Crippen MR) is 75.2 cm³/mol. The number of hydrogen-bond acceptors (Lipinski definition) is 3. The van der Waals surface area contributed by atoms with Crippen LogP contribution in [0.15, 0.2) is 18.2 Å². The van der Waals surface area contributed by atoms with Crippen molar-refractivity contribution in [1.29, 1.82) is 0 Å². The van der Waals surface area contributed by atoms with Crippen molar-refractivity contribution in [3.63, 3.8) is 0 Å². The zero-order chi connectivity index (χ0) is 13.4. The molecule has 0 radical (unpaired) electrons. The Labute approximate surface area is 113 Å². The maximum atomic E-state index is 4.39. The smallest absolute Gasteiger partial charge is 0.149 e. The molecule has 1 aliphatic heterocycles. The summed E-state index contributed by atoms with van der Waals surface area (Å²) >= 11 is 0. The largest absolute Gasteiger partial charge is 0.312 e. The Morgan fingerprint density at radius 3 is 3.00 bits per heavy atom. The number of aromatic nitrogens is 3. The van der Waals surface area contributed by atoms with Gasteiger partial charge in [0, 0.05) is 19.5 Å². The van der Waals surface area contributed by atoms with Gasteiger partial charge in [-0.05, 0) is 31.9 Å². The molecule has 2 heterocycles. The van der Waals surface area contributed by atoms with Gasteiger partial charge in [0.15, 0.2) is 0 Å². The minimum atomic E-state index is 0.300. The van der Waals surface area contributed by atoms with Crippen molar-refractivity contribution in [2.75, 3.05) is 6.54 Å². The van der Waals surface area contributed by atoms with Gasteiger partial charge in [0.2, 0.25) is 0 Å². The van der Waals surface area contributed by atoms with Crippen LogP contribution >= 0.6 is 0 Å². The third-order valence-corrected chi connectivity index (χ3v) is 3.88. The first-order valence-electron chi connectivity index (χ1n) is 6.86. The molecule has 0 fully saturated rings. The molecule has 0 amide bonds. The van der Waals surface area contributed by atoms with Gasteiger partial charge in [-0.1, -0.05) is 23.8 Å². The second-order valence-electron chi connectivity index (χ2n) is 5.41. The maximum absolute atomic E-state index is 4.39. The van der Waals surface area contributed by atoms with Crippen LogP contribution in [0.4, 0.5) is 0 Å². The fourth-order valence-electron chi connectivity index (χ4n) is 2.69. The first kappa shape index (κ1) is 12.4. The van der Waals surface area contributed by atoms with Crippen molar-refractivity contribution < 1.29 is 0 Å². The lowest BCUT2D eigenvalue weighted by Crippen LogP contribution is -2.32. The van der Waals surface area contributed by atoms with Gasteiger partial charge in [-0.2, -0.15) is 0 Å². The van der Waals surface area contributed by atoms with Crippen LogP contribution in [0, 0.1) is 13.8 Å². The molecule has 0 aliphatic carbocycles. The van der Waals surface area contributed by atoms with E-state index in [-0.39, 0.29) is 0 Å². The van der Waals surface area contributed by atoms with E-state index in [0.29, 0.717) is 6.04 Å². The van der Waals surface area contributed by atoms with Crippen LogP contribution in [0.5, 0.6) is 0 Å². The van der Waals surface area contributed by atoms with Gasteiger partial charge in [0.25, 0.3) is 0 Å². The Balaban J connectivity index is 1.94. The van der Waals surface area contributed by atoms with Crippen molar-refractivity contribution in [3.05, 3.63) is 46.5 Å². The average Bonchev–Trinajstić information content (AvgIpc) is 2.79. The summed E-state index contributed by atoms with van der Waals surface area (Å²) in [6.45, 7) is 8.39. The first-order valence-corrected chi connectivity index (χ1v) is 6.86. The van der Waals surface area contributed by atoms with E-state index in [1.807, 2.05) is 0 Å². The Morgan fingerprint density at radius 2 is 2.16 bits per heavy atom. The molecular formula is C15H20N4. The summed E-state index contributed by atoms with van der Waals surface area (Å²) in [7, 11) is 0. The summed E-state index contributed by atoms with van der Waals surface area (Å²) in [5.41, 5.74) is 3.97. The average molecular weight is 256 g/mol. The fourth-order valence-corrected chi connectivity index (χ4v) is 2.69. The zero-order valence-corrected chi connectivity index (χ0v) is 11.8. The van der Waals surface area contributed by atoms with Gasteiger partial charge in [0.1, 0.15) is 11.6 Å². The van der Waals surface area contributed by atoms with E-state index >= 15 is 0 Å². The highest BCUT2D eigenvalue weighted by molar-refractivity contribution is 5.32. The quantitative estimate of drug-likeness (QED) is 0.895. The third kappa shape index (κ3) is 2.28. The Bertz CT molecular complexity index is 600. The predicted octanol–water partition coefficient (Wildman–Crippen LogP) is 2.15. The number of nitrogens with one attached hydrogen (secondary N) is 1. The molecule has 19 heavy (non-hydrogen) atoms. The maximum Gasteiger partial charge on any atom is 0.149 e.